The molecule has 10 aromatic carbocycles. The zero-order chi connectivity index (χ0) is 44.0. The fraction of sp³-hybridized carbons (Fsp3) is 0. The van der Waals surface area contributed by atoms with E-state index >= 15 is 0 Å². The number of benzene rings is 10. The number of hydrogen-bond acceptors (Lipinski definition) is 2. The summed E-state index contributed by atoms with van der Waals surface area (Å²) >= 11 is 0. The summed E-state index contributed by atoms with van der Waals surface area (Å²) in [5.74, 6) is 0. The molecule has 11 aromatic rings. The fourth-order valence-electron chi connectivity index (χ4n) is 7.94. The van der Waals surface area contributed by atoms with E-state index in [2.05, 4.69) is 0 Å². The first-order valence-corrected chi connectivity index (χ1v) is 18.5. The Morgan fingerprint density at radius 1 is 0.357 bits per heavy atom. The predicted octanol–water partition coefficient (Wildman–Crippen LogP) is 15.5. The zero-order valence-electron chi connectivity index (χ0n) is 37.9. The van der Waals surface area contributed by atoms with E-state index in [4.69, 9.17) is 4.42 Å². The number of nitrogens with zero attached hydrogens (tertiary/aromatic N) is 1. The highest BCUT2D eigenvalue weighted by atomic mass is 16.3. The highest BCUT2D eigenvalue weighted by Crippen LogP contribution is 2.44. The highest BCUT2D eigenvalue weighted by Gasteiger charge is 2.19. The molecule has 0 N–H and O–H groups in total. The van der Waals surface area contributed by atoms with Gasteiger partial charge in [0.25, 0.3) is 0 Å². The SMILES string of the molecule is [2H]c1c([2H])c(N(c2ccccc2-c2ccc3c(ccc4c5ccccc5oc34)c2)c2c([2H])c([2H])c(-c3cccc4ccccc34)c([2H])c2[2H])c([2H])c([2H])c1-c1cccc2ccccc12. The number of rotatable bonds is 6. The van der Waals surface area contributed by atoms with Crippen molar-refractivity contribution in [3.05, 3.63) is 212 Å². The quantitative estimate of drug-likeness (QED) is 0.170. The van der Waals surface area contributed by atoms with Crippen molar-refractivity contribution in [1.82, 2.24) is 0 Å². The molecule has 0 aliphatic carbocycles. The Morgan fingerprint density at radius 3 is 1.54 bits per heavy atom. The molecule has 0 atom stereocenters. The van der Waals surface area contributed by atoms with Crippen LogP contribution in [0.1, 0.15) is 11.0 Å². The minimum absolute atomic E-state index is 0.112. The van der Waals surface area contributed by atoms with Crippen LogP contribution in [0.4, 0.5) is 17.1 Å². The smallest absolute Gasteiger partial charge is 0.143 e. The normalized spacial score (nSPS) is 13.6. The van der Waals surface area contributed by atoms with Crippen LogP contribution in [0.2, 0.25) is 0 Å². The van der Waals surface area contributed by atoms with E-state index in [1.165, 1.54) is 4.90 Å². The Labute approximate surface area is 336 Å². The van der Waals surface area contributed by atoms with Crippen LogP contribution in [0.5, 0.6) is 0 Å². The number of furan rings is 1. The first-order valence-electron chi connectivity index (χ1n) is 22.5. The third-order valence-corrected chi connectivity index (χ3v) is 10.6. The molecule has 11 rings (SSSR count). The molecule has 2 heteroatoms. The van der Waals surface area contributed by atoms with Gasteiger partial charge in [0, 0.05) is 33.1 Å². The second-order valence-corrected chi connectivity index (χ2v) is 13.8. The Balaban J connectivity index is 1.18. The Bertz CT molecular complexity index is 3530. The second kappa shape index (κ2) is 13.2. The van der Waals surface area contributed by atoms with Crippen molar-refractivity contribution < 1.29 is 15.4 Å². The first-order chi connectivity index (χ1) is 31.1. The number of anilines is 3. The third-order valence-electron chi connectivity index (χ3n) is 10.6. The predicted molar refractivity (Wildman–Crippen MR) is 237 cm³/mol. The van der Waals surface area contributed by atoms with E-state index < -0.39 is 24.2 Å². The van der Waals surface area contributed by atoms with Crippen molar-refractivity contribution in [2.24, 2.45) is 0 Å². The maximum absolute atomic E-state index is 9.72. The molecular formula is C54H35NO. The van der Waals surface area contributed by atoms with Crippen molar-refractivity contribution >= 4 is 71.3 Å². The second-order valence-electron chi connectivity index (χ2n) is 13.8. The minimum atomic E-state index is -0.403. The molecule has 0 amide bonds. The van der Waals surface area contributed by atoms with Gasteiger partial charge in [-0.15, -0.1) is 0 Å². The van der Waals surface area contributed by atoms with Gasteiger partial charge in [0.2, 0.25) is 0 Å². The van der Waals surface area contributed by atoms with Crippen LogP contribution in [-0.4, -0.2) is 0 Å². The monoisotopic (exact) mass is 721 g/mol. The van der Waals surface area contributed by atoms with Crippen molar-refractivity contribution in [2.45, 2.75) is 0 Å². The van der Waals surface area contributed by atoms with Crippen LogP contribution in [0, 0.1) is 0 Å². The van der Waals surface area contributed by atoms with Crippen molar-refractivity contribution in [3.8, 4) is 33.4 Å². The van der Waals surface area contributed by atoms with Gasteiger partial charge in [0.15, 0.2) is 0 Å². The van der Waals surface area contributed by atoms with E-state index in [1.54, 1.807) is 24.3 Å². The lowest BCUT2D eigenvalue weighted by molar-refractivity contribution is 0.672. The van der Waals surface area contributed by atoms with E-state index in [1.807, 2.05) is 140 Å². The van der Waals surface area contributed by atoms with Crippen LogP contribution in [0.3, 0.4) is 0 Å². The maximum atomic E-state index is 9.72. The standard InChI is InChI=1S/C54H35NO/c1-3-15-44-36(11-1)13-9-19-46(44)38-23-29-42(30-24-38)55(43-31-25-39(26-32-43)47-20-10-14-37-12-2-4-16-45(37)47)52-21-7-5-17-48(52)40-27-33-49-41(35-40)28-34-51-50-18-6-8-22-53(50)56-54(49)51/h1-35H/i23D,24D,25D,26D,29D,30D,31D,32D. The number of fused-ring (bicyclic) bond motifs is 7. The van der Waals surface area contributed by atoms with Gasteiger partial charge in [-0.3, -0.25) is 0 Å². The van der Waals surface area contributed by atoms with Gasteiger partial charge < -0.3 is 9.32 Å². The molecule has 1 aromatic heterocycles. The van der Waals surface area contributed by atoms with E-state index in [0.717, 1.165) is 59.8 Å². The number of hydrogen-bond donors (Lipinski definition) is 0. The molecule has 0 fully saturated rings. The fourth-order valence-corrected chi connectivity index (χ4v) is 7.94. The molecule has 0 saturated carbocycles. The van der Waals surface area contributed by atoms with Gasteiger partial charge in [-0.25, -0.2) is 0 Å². The molecule has 262 valence electrons. The van der Waals surface area contributed by atoms with Crippen LogP contribution in [-0.2, 0) is 0 Å². The summed E-state index contributed by atoms with van der Waals surface area (Å²) in [6, 6.07) is 48.6. The minimum Gasteiger partial charge on any atom is -0.455 e. The third kappa shape index (κ3) is 5.34. The molecule has 0 aliphatic rings. The summed E-state index contributed by atoms with van der Waals surface area (Å²) in [6.07, 6.45) is 0. The molecule has 0 aliphatic heterocycles. The molecule has 1 heterocycles. The van der Waals surface area contributed by atoms with E-state index in [-0.39, 0.29) is 46.7 Å². The maximum Gasteiger partial charge on any atom is 0.143 e. The van der Waals surface area contributed by atoms with Crippen molar-refractivity contribution in [1.29, 1.82) is 0 Å². The summed E-state index contributed by atoms with van der Waals surface area (Å²) in [5.41, 5.74) is 4.07. The number of para-hydroxylation sites is 2. The van der Waals surface area contributed by atoms with Gasteiger partial charge in [0.05, 0.1) is 16.7 Å². The molecule has 0 unspecified atom stereocenters. The van der Waals surface area contributed by atoms with Crippen LogP contribution >= 0.6 is 0 Å². The average molecular weight is 722 g/mol. The molecule has 0 radical (unpaired) electrons. The summed E-state index contributed by atoms with van der Waals surface area (Å²) < 4.78 is 83.4. The molecule has 0 bridgehead atoms. The molecule has 2 nitrogen and oxygen atoms in total. The summed E-state index contributed by atoms with van der Waals surface area (Å²) in [6.45, 7) is 0. The van der Waals surface area contributed by atoms with Crippen LogP contribution in [0.15, 0.2) is 217 Å². The average Bonchev–Trinajstić information content (AvgIpc) is 3.72. The lowest BCUT2D eigenvalue weighted by atomic mass is 9.96. The van der Waals surface area contributed by atoms with Crippen molar-refractivity contribution in [2.75, 3.05) is 4.90 Å². The lowest BCUT2D eigenvalue weighted by Crippen LogP contribution is -2.11. The van der Waals surface area contributed by atoms with Crippen LogP contribution < -0.4 is 4.90 Å². The topological polar surface area (TPSA) is 16.4 Å². The van der Waals surface area contributed by atoms with Crippen LogP contribution in [0.25, 0.3) is 87.6 Å². The molecular weight excluding hydrogens is 679 g/mol. The van der Waals surface area contributed by atoms with Gasteiger partial charge >= 0.3 is 0 Å². The molecule has 0 spiro atoms. The van der Waals surface area contributed by atoms with E-state index in [9.17, 15) is 11.0 Å². The zero-order valence-corrected chi connectivity index (χ0v) is 29.9. The summed E-state index contributed by atoms with van der Waals surface area (Å²) in [7, 11) is 0. The Hall–Kier alpha value is -7.42. The van der Waals surface area contributed by atoms with Gasteiger partial charge in [0.1, 0.15) is 11.2 Å². The highest BCUT2D eigenvalue weighted by molar-refractivity contribution is 6.15. The Morgan fingerprint density at radius 2 is 0.875 bits per heavy atom. The van der Waals surface area contributed by atoms with Gasteiger partial charge in [-0.05, 0) is 109 Å². The van der Waals surface area contributed by atoms with Gasteiger partial charge in [-0.2, -0.15) is 0 Å². The first kappa shape index (κ1) is 24.8. The van der Waals surface area contributed by atoms with Gasteiger partial charge in [-0.1, -0.05) is 158 Å². The summed E-state index contributed by atoms with van der Waals surface area (Å²) in [4.78, 5) is 1.39. The summed E-state index contributed by atoms with van der Waals surface area (Å²) in [5, 5.41) is 7.08. The molecule has 0 saturated heterocycles. The largest absolute Gasteiger partial charge is 0.455 e. The lowest BCUT2D eigenvalue weighted by Gasteiger charge is -2.28. The van der Waals surface area contributed by atoms with E-state index in [0.29, 0.717) is 22.4 Å². The molecule has 56 heavy (non-hydrogen) atoms. The Kier molecular flexibility index (Phi) is 5.83. The van der Waals surface area contributed by atoms with Crippen molar-refractivity contribution in [3.63, 3.8) is 0 Å².